The molecule has 36 heavy (non-hydrogen) atoms. The number of likely N-dealkylation sites (N-methyl/N-ethyl adjacent to an activating group) is 1. The molecule has 0 N–H and O–H groups in total. The van der Waals surface area contributed by atoms with Gasteiger partial charge in [-0.1, -0.05) is 12.1 Å². The highest BCUT2D eigenvalue weighted by atomic mass is 19.4. The SMILES string of the molecule is Cc1nc(-c2ncc(-c3ccc(OC(F)(F)F)cc3)o2)nn1Cc1cccc(N2CCN(C)CC2)c1. The summed E-state index contributed by atoms with van der Waals surface area (Å²) < 4.78 is 48.6. The summed E-state index contributed by atoms with van der Waals surface area (Å²) in [4.78, 5) is 13.5. The molecule has 5 rings (SSSR count). The summed E-state index contributed by atoms with van der Waals surface area (Å²) in [5.41, 5.74) is 2.86. The Morgan fingerprint density at radius 3 is 2.50 bits per heavy atom. The van der Waals surface area contributed by atoms with Crippen molar-refractivity contribution in [2.75, 3.05) is 38.1 Å². The molecule has 3 heterocycles. The number of piperazine rings is 1. The molecule has 11 heteroatoms. The fourth-order valence-electron chi connectivity index (χ4n) is 4.08. The van der Waals surface area contributed by atoms with E-state index in [1.165, 1.54) is 36.1 Å². The molecule has 188 valence electrons. The topological polar surface area (TPSA) is 72.4 Å². The molecule has 1 fully saturated rings. The van der Waals surface area contributed by atoms with Gasteiger partial charge in [0.15, 0.2) is 5.76 Å². The number of alkyl halides is 3. The van der Waals surface area contributed by atoms with Crippen LogP contribution < -0.4 is 9.64 Å². The number of hydrogen-bond donors (Lipinski definition) is 0. The second kappa shape index (κ2) is 9.65. The summed E-state index contributed by atoms with van der Waals surface area (Å²) in [7, 11) is 2.14. The molecule has 0 bridgehead atoms. The largest absolute Gasteiger partial charge is 0.573 e. The molecule has 4 aromatic rings. The van der Waals surface area contributed by atoms with E-state index in [1.54, 1.807) is 4.68 Å². The maximum absolute atomic E-state index is 12.4. The van der Waals surface area contributed by atoms with E-state index in [1.807, 2.05) is 6.92 Å². The minimum atomic E-state index is -4.74. The van der Waals surface area contributed by atoms with Crippen LogP contribution >= 0.6 is 0 Å². The standard InChI is InChI=1S/C25H25F3N6O2/c1-17-30-23(24-29-15-22(35-24)19-6-8-21(9-7-19)36-25(26,27)28)31-34(17)16-18-4-3-5-20(14-18)33-12-10-32(2)11-13-33/h3-9,14-15H,10-13,16H2,1-2H3. The molecule has 8 nitrogen and oxygen atoms in total. The predicted molar refractivity (Wildman–Crippen MR) is 128 cm³/mol. The zero-order chi connectivity index (χ0) is 25.3. The third-order valence-corrected chi connectivity index (χ3v) is 6.04. The second-order valence-corrected chi connectivity index (χ2v) is 8.70. The Bertz CT molecular complexity index is 1320. The van der Waals surface area contributed by atoms with Crippen LogP contribution in [0.3, 0.4) is 0 Å². The predicted octanol–water partition coefficient (Wildman–Crippen LogP) is 4.61. The number of ether oxygens (including phenoxy) is 1. The molecule has 1 saturated heterocycles. The molecule has 1 aliphatic heterocycles. The van der Waals surface area contributed by atoms with Crippen molar-refractivity contribution in [3.05, 3.63) is 66.1 Å². The molecule has 0 saturated carbocycles. The van der Waals surface area contributed by atoms with Gasteiger partial charge >= 0.3 is 6.36 Å². The van der Waals surface area contributed by atoms with Crippen LogP contribution in [0.1, 0.15) is 11.4 Å². The van der Waals surface area contributed by atoms with E-state index in [0.29, 0.717) is 29.5 Å². The van der Waals surface area contributed by atoms with Crippen LogP contribution in [0.15, 0.2) is 59.1 Å². The number of aromatic nitrogens is 4. The molecular formula is C25H25F3N6O2. The Morgan fingerprint density at radius 2 is 1.78 bits per heavy atom. The monoisotopic (exact) mass is 498 g/mol. The maximum Gasteiger partial charge on any atom is 0.573 e. The van der Waals surface area contributed by atoms with Gasteiger partial charge in [0.05, 0.1) is 12.7 Å². The average Bonchev–Trinajstić information content (AvgIpc) is 3.47. The molecule has 2 aromatic heterocycles. The third-order valence-electron chi connectivity index (χ3n) is 6.04. The van der Waals surface area contributed by atoms with Crippen LogP contribution in [-0.2, 0) is 6.54 Å². The minimum absolute atomic E-state index is 0.230. The highest BCUT2D eigenvalue weighted by Gasteiger charge is 2.31. The molecule has 0 aliphatic carbocycles. The lowest BCUT2D eigenvalue weighted by atomic mass is 10.1. The van der Waals surface area contributed by atoms with E-state index in [-0.39, 0.29) is 11.6 Å². The number of halogens is 3. The lowest BCUT2D eigenvalue weighted by molar-refractivity contribution is -0.274. The van der Waals surface area contributed by atoms with Crippen LogP contribution in [0.2, 0.25) is 0 Å². The van der Waals surface area contributed by atoms with Gasteiger partial charge in [0.1, 0.15) is 11.6 Å². The van der Waals surface area contributed by atoms with E-state index in [2.05, 4.69) is 60.9 Å². The molecule has 0 unspecified atom stereocenters. The van der Waals surface area contributed by atoms with Crippen LogP contribution in [-0.4, -0.2) is 64.2 Å². The molecule has 0 radical (unpaired) electrons. The average molecular weight is 499 g/mol. The van der Waals surface area contributed by atoms with Gasteiger partial charge in [-0.15, -0.1) is 18.3 Å². The van der Waals surface area contributed by atoms with Crippen molar-refractivity contribution in [3.8, 4) is 28.8 Å². The molecular weight excluding hydrogens is 473 g/mol. The first-order valence-electron chi connectivity index (χ1n) is 11.5. The smallest absolute Gasteiger partial charge is 0.434 e. The summed E-state index contributed by atoms with van der Waals surface area (Å²) in [5.74, 6) is 1.36. The Kier molecular flexibility index (Phi) is 6.40. The Morgan fingerprint density at radius 1 is 1.03 bits per heavy atom. The van der Waals surface area contributed by atoms with Crippen molar-refractivity contribution in [2.24, 2.45) is 0 Å². The highest BCUT2D eigenvalue weighted by molar-refractivity contribution is 5.59. The first-order valence-corrected chi connectivity index (χ1v) is 11.5. The number of benzene rings is 2. The van der Waals surface area contributed by atoms with Gasteiger partial charge in [0.25, 0.3) is 5.89 Å². The van der Waals surface area contributed by atoms with E-state index >= 15 is 0 Å². The van der Waals surface area contributed by atoms with Gasteiger partial charge in [-0.05, 0) is 55.9 Å². The lowest BCUT2D eigenvalue weighted by Crippen LogP contribution is -2.44. The zero-order valence-electron chi connectivity index (χ0n) is 19.9. The lowest BCUT2D eigenvalue weighted by Gasteiger charge is -2.34. The van der Waals surface area contributed by atoms with E-state index in [0.717, 1.165) is 31.7 Å². The number of rotatable bonds is 6. The van der Waals surface area contributed by atoms with Crippen molar-refractivity contribution in [1.29, 1.82) is 0 Å². The van der Waals surface area contributed by atoms with Crippen LogP contribution in [0.5, 0.6) is 5.75 Å². The van der Waals surface area contributed by atoms with Crippen molar-refractivity contribution in [1.82, 2.24) is 24.6 Å². The molecule has 2 aromatic carbocycles. The van der Waals surface area contributed by atoms with Gasteiger partial charge < -0.3 is 19.0 Å². The summed E-state index contributed by atoms with van der Waals surface area (Å²) >= 11 is 0. The maximum atomic E-state index is 12.4. The van der Waals surface area contributed by atoms with Gasteiger partial charge in [-0.25, -0.2) is 14.6 Å². The summed E-state index contributed by atoms with van der Waals surface area (Å²) in [6.45, 7) is 6.49. The van der Waals surface area contributed by atoms with Gasteiger partial charge in [0.2, 0.25) is 5.82 Å². The van der Waals surface area contributed by atoms with Gasteiger partial charge in [-0.2, -0.15) is 0 Å². The summed E-state index contributed by atoms with van der Waals surface area (Å²) in [6.07, 6.45) is -3.25. The zero-order valence-corrected chi connectivity index (χ0v) is 19.9. The Labute approximate surface area is 205 Å². The van der Waals surface area contributed by atoms with Crippen LogP contribution in [0.25, 0.3) is 23.0 Å². The second-order valence-electron chi connectivity index (χ2n) is 8.70. The Balaban J connectivity index is 1.29. The number of aryl methyl sites for hydroxylation is 1. The van der Waals surface area contributed by atoms with Crippen molar-refractivity contribution >= 4 is 5.69 Å². The van der Waals surface area contributed by atoms with Crippen molar-refractivity contribution in [2.45, 2.75) is 19.8 Å². The molecule has 0 atom stereocenters. The fraction of sp³-hybridized carbons (Fsp3) is 0.320. The molecule has 0 spiro atoms. The van der Waals surface area contributed by atoms with Crippen LogP contribution in [0, 0.1) is 6.92 Å². The minimum Gasteiger partial charge on any atom is -0.434 e. The van der Waals surface area contributed by atoms with Gasteiger partial charge in [-0.3, -0.25) is 0 Å². The normalized spacial score (nSPS) is 14.9. The number of anilines is 1. The molecule has 0 amide bonds. The third kappa shape index (κ3) is 5.51. The van der Waals surface area contributed by atoms with Gasteiger partial charge in [0, 0.05) is 37.4 Å². The Hall–Kier alpha value is -3.86. The van der Waals surface area contributed by atoms with E-state index in [9.17, 15) is 13.2 Å². The summed E-state index contributed by atoms with van der Waals surface area (Å²) in [5, 5.41) is 4.57. The molecule has 1 aliphatic rings. The quantitative estimate of drug-likeness (QED) is 0.385. The fourth-order valence-corrected chi connectivity index (χ4v) is 4.08. The summed E-state index contributed by atoms with van der Waals surface area (Å²) in [6, 6.07) is 13.8. The first kappa shape index (κ1) is 23.9. The number of hydrogen-bond acceptors (Lipinski definition) is 7. The van der Waals surface area contributed by atoms with Crippen LogP contribution in [0.4, 0.5) is 18.9 Å². The van der Waals surface area contributed by atoms with Crippen molar-refractivity contribution in [3.63, 3.8) is 0 Å². The first-order chi connectivity index (χ1) is 17.2. The number of oxazole rings is 1. The van der Waals surface area contributed by atoms with E-state index in [4.69, 9.17) is 4.42 Å². The highest BCUT2D eigenvalue weighted by Crippen LogP contribution is 2.29. The van der Waals surface area contributed by atoms with Crippen molar-refractivity contribution < 1.29 is 22.3 Å². The number of nitrogens with zero attached hydrogens (tertiary/aromatic N) is 6. The van der Waals surface area contributed by atoms with E-state index < -0.39 is 6.36 Å².